The van der Waals surface area contributed by atoms with Gasteiger partial charge in [-0.2, -0.15) is 5.26 Å². The molecule has 0 unspecified atom stereocenters. The van der Waals surface area contributed by atoms with Gasteiger partial charge in [0.15, 0.2) is 0 Å². The first-order chi connectivity index (χ1) is 3.71. The molecule has 1 nitrogen and oxygen atoms in total. The topological polar surface area (TPSA) is 23.8 Å². The average Bonchev–Trinajstić information content (AvgIpc) is 2.44. The van der Waals surface area contributed by atoms with Crippen molar-refractivity contribution < 1.29 is 0 Å². The molecule has 0 aromatic rings. The lowest BCUT2D eigenvalue weighted by Gasteiger charge is -2.07. The minimum absolute atomic E-state index is 0. The SMILES string of the molecule is C.CC(C)C1(C#N)CC1. The van der Waals surface area contributed by atoms with Crippen molar-refractivity contribution in [3.8, 4) is 6.07 Å². The fourth-order valence-electron chi connectivity index (χ4n) is 0.953. The fourth-order valence-corrected chi connectivity index (χ4v) is 0.953. The molecule has 1 aliphatic carbocycles. The Balaban J connectivity index is 0.000000640. The largest absolute Gasteiger partial charge is 0.198 e. The molecule has 1 rings (SSSR count). The Morgan fingerprint density at radius 2 is 1.89 bits per heavy atom. The summed E-state index contributed by atoms with van der Waals surface area (Å²) >= 11 is 0. The van der Waals surface area contributed by atoms with Crippen molar-refractivity contribution >= 4 is 0 Å². The molecule has 0 spiro atoms. The van der Waals surface area contributed by atoms with Crippen LogP contribution in [0.4, 0.5) is 0 Å². The van der Waals surface area contributed by atoms with E-state index in [0.717, 1.165) is 12.8 Å². The minimum Gasteiger partial charge on any atom is -0.198 e. The van der Waals surface area contributed by atoms with Crippen LogP contribution in [0.3, 0.4) is 0 Å². The van der Waals surface area contributed by atoms with E-state index in [9.17, 15) is 0 Å². The Morgan fingerprint density at radius 3 is 1.89 bits per heavy atom. The summed E-state index contributed by atoms with van der Waals surface area (Å²) < 4.78 is 0. The van der Waals surface area contributed by atoms with Gasteiger partial charge in [0.25, 0.3) is 0 Å². The van der Waals surface area contributed by atoms with Crippen LogP contribution in [-0.2, 0) is 0 Å². The smallest absolute Gasteiger partial charge is 0.0692 e. The highest BCUT2D eigenvalue weighted by atomic mass is 14.5. The van der Waals surface area contributed by atoms with E-state index < -0.39 is 0 Å². The van der Waals surface area contributed by atoms with Gasteiger partial charge in [0.05, 0.1) is 11.5 Å². The second kappa shape index (κ2) is 2.39. The number of hydrogen-bond donors (Lipinski definition) is 0. The average molecular weight is 125 g/mol. The standard InChI is InChI=1S/C7H11N.CH4/c1-6(2)7(5-8)3-4-7;/h6H,3-4H2,1-2H3;1H4. The van der Waals surface area contributed by atoms with Crippen LogP contribution < -0.4 is 0 Å². The van der Waals surface area contributed by atoms with Crippen molar-refractivity contribution in [2.45, 2.75) is 34.1 Å². The Bertz CT molecular complexity index is 126. The third-order valence-electron chi connectivity index (χ3n) is 2.12. The molecule has 0 heterocycles. The van der Waals surface area contributed by atoms with E-state index in [0.29, 0.717) is 5.92 Å². The number of rotatable bonds is 1. The molecule has 0 aromatic carbocycles. The van der Waals surface area contributed by atoms with Crippen LogP contribution >= 0.6 is 0 Å². The number of nitrogens with zero attached hydrogens (tertiary/aromatic N) is 1. The van der Waals surface area contributed by atoms with Crippen LogP contribution in [0.2, 0.25) is 0 Å². The van der Waals surface area contributed by atoms with E-state index in [4.69, 9.17) is 5.26 Å². The highest BCUT2D eigenvalue weighted by Gasteiger charge is 2.45. The second-order valence-corrected chi connectivity index (χ2v) is 2.92. The molecule has 1 saturated carbocycles. The van der Waals surface area contributed by atoms with E-state index in [-0.39, 0.29) is 12.8 Å². The lowest BCUT2D eigenvalue weighted by atomic mass is 9.95. The van der Waals surface area contributed by atoms with E-state index in [1.807, 2.05) is 0 Å². The van der Waals surface area contributed by atoms with E-state index in [2.05, 4.69) is 19.9 Å². The summed E-state index contributed by atoms with van der Waals surface area (Å²) in [5, 5.41) is 8.58. The van der Waals surface area contributed by atoms with Gasteiger partial charge >= 0.3 is 0 Å². The molecule has 0 aromatic heterocycles. The zero-order chi connectivity index (χ0) is 6.20. The molecule has 0 atom stereocenters. The fraction of sp³-hybridized carbons (Fsp3) is 0.875. The quantitative estimate of drug-likeness (QED) is 0.528. The summed E-state index contributed by atoms with van der Waals surface area (Å²) in [5.74, 6) is 0.562. The van der Waals surface area contributed by atoms with Gasteiger partial charge in [0, 0.05) is 0 Å². The van der Waals surface area contributed by atoms with Crippen molar-refractivity contribution in [3.63, 3.8) is 0 Å². The van der Waals surface area contributed by atoms with Gasteiger partial charge in [-0.1, -0.05) is 21.3 Å². The molecule has 0 amide bonds. The first-order valence-corrected chi connectivity index (χ1v) is 3.12. The molecule has 0 bridgehead atoms. The molecular formula is C8H15N. The lowest BCUT2D eigenvalue weighted by molar-refractivity contribution is 0.459. The highest BCUT2D eigenvalue weighted by Crippen LogP contribution is 2.50. The molecule has 1 heteroatoms. The Hall–Kier alpha value is -0.510. The van der Waals surface area contributed by atoms with E-state index in [1.165, 1.54) is 0 Å². The first-order valence-electron chi connectivity index (χ1n) is 3.12. The van der Waals surface area contributed by atoms with Crippen molar-refractivity contribution in [2.75, 3.05) is 0 Å². The second-order valence-electron chi connectivity index (χ2n) is 2.92. The molecule has 1 aliphatic rings. The van der Waals surface area contributed by atoms with Crippen LogP contribution in [0.25, 0.3) is 0 Å². The van der Waals surface area contributed by atoms with E-state index in [1.54, 1.807) is 0 Å². The van der Waals surface area contributed by atoms with Crippen LogP contribution in [0.15, 0.2) is 0 Å². The van der Waals surface area contributed by atoms with Gasteiger partial charge < -0.3 is 0 Å². The van der Waals surface area contributed by atoms with Gasteiger partial charge in [0.1, 0.15) is 0 Å². The third kappa shape index (κ3) is 1.24. The van der Waals surface area contributed by atoms with Crippen LogP contribution in [0, 0.1) is 22.7 Å². The number of nitriles is 1. The zero-order valence-electron chi connectivity index (χ0n) is 5.44. The zero-order valence-corrected chi connectivity index (χ0v) is 5.44. The Labute approximate surface area is 57.7 Å². The maximum atomic E-state index is 8.58. The Morgan fingerprint density at radius 1 is 1.44 bits per heavy atom. The van der Waals surface area contributed by atoms with Crippen LogP contribution in [0.1, 0.15) is 34.1 Å². The highest BCUT2D eigenvalue weighted by molar-refractivity contribution is 5.11. The number of hydrogen-bond acceptors (Lipinski definition) is 1. The molecular weight excluding hydrogens is 110 g/mol. The maximum Gasteiger partial charge on any atom is 0.0692 e. The predicted molar refractivity (Wildman–Crippen MR) is 38.8 cm³/mol. The van der Waals surface area contributed by atoms with Crippen molar-refractivity contribution in [1.29, 1.82) is 5.26 Å². The lowest BCUT2D eigenvalue weighted by Crippen LogP contribution is -2.04. The van der Waals surface area contributed by atoms with Gasteiger partial charge in [-0.25, -0.2) is 0 Å². The summed E-state index contributed by atoms with van der Waals surface area (Å²) in [6.07, 6.45) is 2.25. The van der Waals surface area contributed by atoms with Gasteiger partial charge in [-0.3, -0.25) is 0 Å². The molecule has 9 heavy (non-hydrogen) atoms. The molecule has 0 radical (unpaired) electrons. The van der Waals surface area contributed by atoms with Crippen molar-refractivity contribution in [1.82, 2.24) is 0 Å². The monoisotopic (exact) mass is 125 g/mol. The summed E-state index contributed by atoms with van der Waals surface area (Å²) in [6, 6.07) is 2.35. The predicted octanol–water partition coefficient (Wildman–Crippen LogP) is 2.58. The first kappa shape index (κ1) is 8.49. The molecule has 0 aliphatic heterocycles. The van der Waals surface area contributed by atoms with E-state index >= 15 is 0 Å². The van der Waals surface area contributed by atoms with Crippen molar-refractivity contribution in [3.05, 3.63) is 0 Å². The third-order valence-corrected chi connectivity index (χ3v) is 2.12. The van der Waals surface area contributed by atoms with Gasteiger partial charge in [-0.15, -0.1) is 0 Å². The van der Waals surface area contributed by atoms with Crippen molar-refractivity contribution in [2.24, 2.45) is 11.3 Å². The van der Waals surface area contributed by atoms with Crippen LogP contribution in [-0.4, -0.2) is 0 Å². The summed E-state index contributed by atoms with van der Waals surface area (Å²) in [6.45, 7) is 4.24. The molecule has 52 valence electrons. The van der Waals surface area contributed by atoms with Crippen LogP contribution in [0.5, 0.6) is 0 Å². The summed E-state index contributed by atoms with van der Waals surface area (Å²) in [7, 11) is 0. The molecule has 0 saturated heterocycles. The molecule has 0 N–H and O–H groups in total. The van der Waals surface area contributed by atoms with Gasteiger partial charge in [-0.05, 0) is 18.8 Å². The van der Waals surface area contributed by atoms with Gasteiger partial charge in [0.2, 0.25) is 0 Å². The normalized spacial score (nSPS) is 20.2. The minimum atomic E-state index is 0. The molecule has 1 fully saturated rings. The Kier molecular flexibility index (Phi) is 2.25. The maximum absolute atomic E-state index is 8.58. The summed E-state index contributed by atoms with van der Waals surface area (Å²) in [4.78, 5) is 0. The summed E-state index contributed by atoms with van der Waals surface area (Å²) in [5.41, 5.74) is 0.0972.